The molecule has 1 heterocycles. The summed E-state index contributed by atoms with van der Waals surface area (Å²) < 4.78 is 7.26. The van der Waals surface area contributed by atoms with Crippen LogP contribution in [-0.2, 0) is 22.6 Å². The molecule has 0 bridgehead atoms. The van der Waals surface area contributed by atoms with Gasteiger partial charge < -0.3 is 19.9 Å². The molecule has 1 aliphatic rings. The molecule has 3 aromatic rings. The molecule has 2 amide bonds. The van der Waals surface area contributed by atoms with Crippen LogP contribution in [0.3, 0.4) is 0 Å². The van der Waals surface area contributed by atoms with E-state index in [4.69, 9.17) is 9.72 Å². The summed E-state index contributed by atoms with van der Waals surface area (Å²) >= 11 is 0. The summed E-state index contributed by atoms with van der Waals surface area (Å²) in [6, 6.07) is 15.1. The van der Waals surface area contributed by atoms with Gasteiger partial charge >= 0.3 is 0 Å². The van der Waals surface area contributed by atoms with Crippen molar-refractivity contribution in [3.05, 3.63) is 54.4 Å². The fraction of sp³-hybridized carbons (Fsp3) is 0.348. The normalized spacial score (nSPS) is 13.2. The van der Waals surface area contributed by atoms with Gasteiger partial charge in [-0.3, -0.25) is 9.59 Å². The summed E-state index contributed by atoms with van der Waals surface area (Å²) in [5.74, 6) is 1.68. The first-order valence-corrected chi connectivity index (χ1v) is 10.3. The van der Waals surface area contributed by atoms with Crippen molar-refractivity contribution < 1.29 is 14.3 Å². The summed E-state index contributed by atoms with van der Waals surface area (Å²) in [6.07, 6.45) is 3.46. The van der Waals surface area contributed by atoms with Crippen LogP contribution in [0.25, 0.3) is 11.0 Å². The maximum atomic E-state index is 12.8. The van der Waals surface area contributed by atoms with Gasteiger partial charge in [0.25, 0.3) is 0 Å². The minimum absolute atomic E-state index is 0.147. The van der Waals surface area contributed by atoms with Crippen molar-refractivity contribution in [1.29, 1.82) is 0 Å². The lowest BCUT2D eigenvalue weighted by molar-refractivity contribution is -0.122. The van der Waals surface area contributed by atoms with E-state index in [9.17, 15) is 9.59 Å². The van der Waals surface area contributed by atoms with Crippen LogP contribution in [0.15, 0.2) is 48.5 Å². The van der Waals surface area contributed by atoms with Gasteiger partial charge in [0.15, 0.2) is 0 Å². The number of rotatable bonds is 9. The van der Waals surface area contributed by atoms with Crippen LogP contribution in [0.4, 0.5) is 5.69 Å². The molecule has 1 saturated carbocycles. The van der Waals surface area contributed by atoms with E-state index in [-0.39, 0.29) is 24.3 Å². The fourth-order valence-corrected chi connectivity index (χ4v) is 3.52. The lowest BCUT2D eigenvalue weighted by Gasteiger charge is -2.12. The molecule has 1 aliphatic carbocycles. The van der Waals surface area contributed by atoms with Gasteiger partial charge in [-0.2, -0.15) is 0 Å². The number of imidazole rings is 1. The van der Waals surface area contributed by atoms with Gasteiger partial charge in [-0.25, -0.2) is 4.98 Å². The number of nitrogens with one attached hydrogen (secondary N) is 2. The maximum Gasteiger partial charge on any atom is 0.244 e. The number of ether oxygens (including phenoxy) is 1. The summed E-state index contributed by atoms with van der Waals surface area (Å²) in [5.41, 5.74) is 2.42. The number of para-hydroxylation sites is 4. The van der Waals surface area contributed by atoms with E-state index < -0.39 is 0 Å². The van der Waals surface area contributed by atoms with Crippen molar-refractivity contribution in [1.82, 2.24) is 14.9 Å². The summed E-state index contributed by atoms with van der Waals surface area (Å²) in [4.78, 5) is 29.3. The smallest absolute Gasteiger partial charge is 0.244 e. The van der Waals surface area contributed by atoms with Gasteiger partial charge in [-0.1, -0.05) is 24.3 Å². The third-order valence-electron chi connectivity index (χ3n) is 5.24. The molecule has 0 unspecified atom stereocenters. The third-order valence-corrected chi connectivity index (χ3v) is 5.24. The Morgan fingerprint density at radius 1 is 1.13 bits per heavy atom. The second-order valence-electron chi connectivity index (χ2n) is 7.52. The Hall–Kier alpha value is -3.35. The van der Waals surface area contributed by atoms with Gasteiger partial charge in [0.1, 0.15) is 18.1 Å². The van der Waals surface area contributed by atoms with Gasteiger partial charge in [-0.15, -0.1) is 0 Å². The van der Waals surface area contributed by atoms with Crippen molar-refractivity contribution >= 4 is 28.5 Å². The first-order chi connectivity index (χ1) is 14.7. The average molecular weight is 406 g/mol. The Kier molecular flexibility index (Phi) is 5.97. The third kappa shape index (κ3) is 4.62. The molecule has 156 valence electrons. The number of hydrogen-bond donors (Lipinski definition) is 2. The molecule has 1 fully saturated rings. The van der Waals surface area contributed by atoms with Crippen molar-refractivity contribution in [2.75, 3.05) is 19.0 Å². The van der Waals surface area contributed by atoms with E-state index in [0.29, 0.717) is 24.4 Å². The van der Waals surface area contributed by atoms with E-state index in [1.807, 2.05) is 53.1 Å². The topological polar surface area (TPSA) is 85.2 Å². The van der Waals surface area contributed by atoms with Gasteiger partial charge in [-0.05, 0) is 43.5 Å². The zero-order chi connectivity index (χ0) is 20.9. The fourth-order valence-electron chi connectivity index (χ4n) is 3.52. The van der Waals surface area contributed by atoms with Crippen LogP contribution in [-0.4, -0.2) is 35.0 Å². The predicted molar refractivity (Wildman–Crippen MR) is 115 cm³/mol. The predicted octanol–water partition coefficient (Wildman–Crippen LogP) is 3.14. The van der Waals surface area contributed by atoms with Crippen LogP contribution in [0.1, 0.15) is 25.1 Å². The Balaban J connectivity index is 1.45. The summed E-state index contributed by atoms with van der Waals surface area (Å²) in [5, 5.41) is 5.91. The Morgan fingerprint density at radius 3 is 2.70 bits per heavy atom. The number of benzene rings is 2. The number of fused-ring (bicyclic) bond motifs is 1. The van der Waals surface area contributed by atoms with Crippen LogP contribution in [0.2, 0.25) is 0 Å². The number of aryl methyl sites for hydroxylation is 1. The zero-order valence-electron chi connectivity index (χ0n) is 17.1. The molecule has 30 heavy (non-hydrogen) atoms. The zero-order valence-corrected chi connectivity index (χ0v) is 17.1. The first kappa shape index (κ1) is 19.9. The van der Waals surface area contributed by atoms with Crippen molar-refractivity contribution in [2.24, 2.45) is 5.92 Å². The van der Waals surface area contributed by atoms with E-state index >= 15 is 0 Å². The second-order valence-corrected chi connectivity index (χ2v) is 7.52. The van der Waals surface area contributed by atoms with Crippen molar-refractivity contribution in [2.45, 2.75) is 32.2 Å². The van der Waals surface area contributed by atoms with Crippen LogP contribution in [0.5, 0.6) is 5.75 Å². The molecule has 2 N–H and O–H groups in total. The van der Waals surface area contributed by atoms with E-state index in [1.165, 1.54) is 0 Å². The molecular formula is C23H26N4O3. The number of anilines is 1. The van der Waals surface area contributed by atoms with E-state index in [2.05, 4.69) is 10.6 Å². The van der Waals surface area contributed by atoms with Crippen LogP contribution >= 0.6 is 0 Å². The largest absolute Gasteiger partial charge is 0.495 e. The molecule has 1 aromatic heterocycles. The molecular weight excluding hydrogens is 380 g/mol. The Morgan fingerprint density at radius 2 is 1.90 bits per heavy atom. The van der Waals surface area contributed by atoms with Crippen molar-refractivity contribution in [3.63, 3.8) is 0 Å². The van der Waals surface area contributed by atoms with Crippen LogP contribution in [0, 0.1) is 5.92 Å². The molecule has 0 aliphatic heterocycles. The SMILES string of the molecule is COc1ccccc1NC(=O)Cn1c(CCCNC(=O)C2CC2)nc2ccccc21. The minimum Gasteiger partial charge on any atom is -0.495 e. The van der Waals surface area contributed by atoms with Gasteiger partial charge in [0.2, 0.25) is 11.8 Å². The lowest BCUT2D eigenvalue weighted by atomic mass is 10.2. The molecule has 4 rings (SSSR count). The lowest BCUT2D eigenvalue weighted by Crippen LogP contribution is -2.26. The molecule has 0 spiro atoms. The molecule has 7 nitrogen and oxygen atoms in total. The number of aromatic nitrogens is 2. The highest BCUT2D eigenvalue weighted by Gasteiger charge is 2.29. The average Bonchev–Trinajstić information content (AvgIpc) is 3.55. The van der Waals surface area contributed by atoms with Gasteiger partial charge in [0, 0.05) is 18.9 Å². The maximum absolute atomic E-state index is 12.8. The number of nitrogens with zero attached hydrogens (tertiary/aromatic N) is 2. The molecule has 0 atom stereocenters. The van der Waals surface area contributed by atoms with E-state index in [0.717, 1.165) is 36.1 Å². The number of hydrogen-bond acceptors (Lipinski definition) is 4. The van der Waals surface area contributed by atoms with Crippen LogP contribution < -0.4 is 15.4 Å². The highest BCUT2D eigenvalue weighted by molar-refractivity contribution is 5.93. The Bertz CT molecular complexity index is 1060. The monoisotopic (exact) mass is 406 g/mol. The second kappa shape index (κ2) is 8.98. The summed E-state index contributed by atoms with van der Waals surface area (Å²) in [7, 11) is 1.58. The number of methoxy groups -OCH3 is 1. The standard InChI is InChI=1S/C23H26N4O3/c1-30-20-10-5-3-8-18(20)26-22(28)15-27-19-9-4-2-7-17(19)25-21(27)11-6-14-24-23(29)16-12-13-16/h2-5,7-10,16H,6,11-15H2,1H3,(H,24,29)(H,26,28). The molecule has 7 heteroatoms. The van der Waals surface area contributed by atoms with Gasteiger partial charge in [0.05, 0.1) is 23.8 Å². The molecule has 0 radical (unpaired) electrons. The first-order valence-electron chi connectivity index (χ1n) is 10.3. The number of carbonyl (C=O) groups is 2. The number of amides is 2. The quantitative estimate of drug-likeness (QED) is 0.535. The minimum atomic E-state index is -0.147. The molecule has 2 aromatic carbocycles. The Labute approximate surface area is 175 Å². The highest BCUT2D eigenvalue weighted by atomic mass is 16.5. The van der Waals surface area contributed by atoms with E-state index in [1.54, 1.807) is 7.11 Å². The summed E-state index contributed by atoms with van der Waals surface area (Å²) in [6.45, 7) is 0.772. The highest BCUT2D eigenvalue weighted by Crippen LogP contribution is 2.28. The van der Waals surface area contributed by atoms with Crippen molar-refractivity contribution in [3.8, 4) is 5.75 Å². The number of carbonyl (C=O) groups excluding carboxylic acids is 2. The molecule has 0 saturated heterocycles.